The largest absolute Gasteiger partial charge is 0.328 e. The van der Waals surface area contributed by atoms with Crippen molar-refractivity contribution in [3.63, 3.8) is 0 Å². The van der Waals surface area contributed by atoms with Gasteiger partial charge >= 0.3 is 11.8 Å². The molecule has 2 heterocycles. The Kier molecular flexibility index (Phi) is 3.61. The molecule has 3 aromatic rings. The number of hydrogen-bond donors (Lipinski definition) is 1. The molecule has 0 radical (unpaired) electrons. The van der Waals surface area contributed by atoms with E-state index >= 15 is 0 Å². The number of carbonyl (C=O) groups is 1. The second kappa shape index (κ2) is 5.72. The van der Waals surface area contributed by atoms with E-state index in [1.54, 1.807) is 0 Å². The molecular weight excluding hydrogens is 282 g/mol. The van der Waals surface area contributed by atoms with Gasteiger partial charge in [0.15, 0.2) is 0 Å². The summed E-state index contributed by atoms with van der Waals surface area (Å²) < 4.78 is 4.99. The van der Waals surface area contributed by atoms with Crippen LogP contribution in [0.15, 0.2) is 41.3 Å². The lowest BCUT2D eigenvalue weighted by Gasteiger charge is -2.09. The number of amides is 1. The third-order valence-corrected chi connectivity index (χ3v) is 3.13. The van der Waals surface area contributed by atoms with Crippen molar-refractivity contribution in [3.8, 4) is 11.5 Å². The van der Waals surface area contributed by atoms with Crippen LogP contribution in [0, 0.1) is 13.8 Å². The van der Waals surface area contributed by atoms with Crippen LogP contribution in [0.1, 0.15) is 21.8 Å². The first-order chi connectivity index (χ1) is 10.6. The molecule has 0 aliphatic carbocycles. The molecule has 0 saturated carbocycles. The van der Waals surface area contributed by atoms with Crippen molar-refractivity contribution in [3.05, 3.63) is 53.8 Å². The molecule has 1 aromatic carbocycles. The fourth-order valence-electron chi connectivity index (χ4n) is 2.01. The fourth-order valence-corrected chi connectivity index (χ4v) is 2.01. The second-order valence-corrected chi connectivity index (χ2v) is 4.73. The average Bonchev–Trinajstić information content (AvgIpc) is 3.02. The van der Waals surface area contributed by atoms with E-state index in [4.69, 9.17) is 4.52 Å². The molecule has 7 heteroatoms. The molecule has 110 valence electrons. The molecule has 0 saturated heterocycles. The van der Waals surface area contributed by atoms with Crippen LogP contribution < -0.4 is 5.32 Å². The number of anilines is 1. The molecule has 2 aromatic heterocycles. The van der Waals surface area contributed by atoms with Crippen LogP contribution in [-0.2, 0) is 0 Å². The van der Waals surface area contributed by atoms with Gasteiger partial charge < -0.3 is 9.84 Å². The van der Waals surface area contributed by atoms with Crippen molar-refractivity contribution in [1.82, 2.24) is 20.1 Å². The van der Waals surface area contributed by atoms with E-state index in [1.807, 2.05) is 32.0 Å². The third-order valence-electron chi connectivity index (χ3n) is 3.13. The van der Waals surface area contributed by atoms with Gasteiger partial charge in [0.1, 0.15) is 5.69 Å². The second-order valence-electron chi connectivity index (χ2n) is 4.73. The van der Waals surface area contributed by atoms with Crippen molar-refractivity contribution in [2.45, 2.75) is 13.8 Å². The maximum Gasteiger partial charge on any atom is 0.316 e. The van der Waals surface area contributed by atoms with E-state index in [1.165, 1.54) is 18.6 Å². The molecule has 7 nitrogen and oxygen atoms in total. The van der Waals surface area contributed by atoms with Gasteiger partial charge in [0.2, 0.25) is 5.82 Å². The molecule has 0 bridgehead atoms. The molecule has 0 aliphatic rings. The number of benzene rings is 1. The minimum Gasteiger partial charge on any atom is -0.328 e. The molecule has 0 fully saturated rings. The van der Waals surface area contributed by atoms with Crippen LogP contribution >= 0.6 is 0 Å². The van der Waals surface area contributed by atoms with E-state index in [0.717, 1.165) is 16.8 Å². The zero-order valence-corrected chi connectivity index (χ0v) is 12.1. The molecule has 0 aliphatic heterocycles. The third kappa shape index (κ3) is 2.69. The van der Waals surface area contributed by atoms with E-state index in [0.29, 0.717) is 5.69 Å². The Labute approximate surface area is 126 Å². The Bertz CT molecular complexity index is 794. The predicted molar refractivity (Wildman–Crippen MR) is 79.2 cm³/mol. The Morgan fingerprint density at radius 1 is 1.18 bits per heavy atom. The first-order valence-corrected chi connectivity index (χ1v) is 6.63. The van der Waals surface area contributed by atoms with Gasteiger partial charge in [-0.15, -0.1) is 0 Å². The summed E-state index contributed by atoms with van der Waals surface area (Å²) in [5.41, 5.74) is 3.10. The molecule has 22 heavy (non-hydrogen) atoms. The van der Waals surface area contributed by atoms with Crippen LogP contribution in [0.4, 0.5) is 5.69 Å². The predicted octanol–water partition coefficient (Wildman–Crippen LogP) is 2.40. The van der Waals surface area contributed by atoms with Gasteiger partial charge in [0, 0.05) is 18.1 Å². The van der Waals surface area contributed by atoms with E-state index in [-0.39, 0.29) is 11.7 Å². The SMILES string of the molecule is Cc1cccc(C)c1NC(=O)c1nc(-c2cnccn2)no1. The highest BCUT2D eigenvalue weighted by atomic mass is 16.5. The zero-order chi connectivity index (χ0) is 15.5. The maximum atomic E-state index is 12.2. The summed E-state index contributed by atoms with van der Waals surface area (Å²) in [4.78, 5) is 24.2. The number of nitrogens with one attached hydrogen (secondary N) is 1. The van der Waals surface area contributed by atoms with E-state index < -0.39 is 5.91 Å². The Morgan fingerprint density at radius 2 is 1.95 bits per heavy atom. The fraction of sp³-hybridized carbons (Fsp3) is 0.133. The maximum absolute atomic E-state index is 12.2. The molecule has 0 spiro atoms. The van der Waals surface area contributed by atoms with Crippen LogP contribution in [0.3, 0.4) is 0 Å². The normalized spacial score (nSPS) is 10.5. The average molecular weight is 295 g/mol. The van der Waals surface area contributed by atoms with Gasteiger partial charge in [0.25, 0.3) is 0 Å². The van der Waals surface area contributed by atoms with Gasteiger partial charge in [-0.1, -0.05) is 23.4 Å². The summed E-state index contributed by atoms with van der Waals surface area (Å²) in [6, 6.07) is 5.77. The Hall–Kier alpha value is -3.09. The van der Waals surface area contributed by atoms with Crippen molar-refractivity contribution in [1.29, 1.82) is 0 Å². The Morgan fingerprint density at radius 3 is 2.64 bits per heavy atom. The van der Waals surface area contributed by atoms with Crippen LogP contribution in [0.5, 0.6) is 0 Å². The highest BCUT2D eigenvalue weighted by Gasteiger charge is 2.18. The number of carbonyl (C=O) groups excluding carboxylic acids is 1. The number of aryl methyl sites for hydroxylation is 2. The lowest BCUT2D eigenvalue weighted by molar-refractivity contribution is 0.0981. The highest BCUT2D eigenvalue weighted by molar-refractivity contribution is 6.02. The molecule has 1 N–H and O–H groups in total. The van der Waals surface area contributed by atoms with Gasteiger partial charge in [-0.05, 0) is 25.0 Å². The Balaban J connectivity index is 1.83. The molecule has 0 unspecified atom stereocenters. The number of rotatable bonds is 3. The van der Waals surface area contributed by atoms with E-state index in [2.05, 4.69) is 25.4 Å². The number of hydrogen-bond acceptors (Lipinski definition) is 6. The van der Waals surface area contributed by atoms with Crippen LogP contribution in [0.2, 0.25) is 0 Å². The van der Waals surface area contributed by atoms with Crippen molar-refractivity contribution < 1.29 is 9.32 Å². The lowest BCUT2D eigenvalue weighted by Crippen LogP contribution is -2.14. The van der Waals surface area contributed by atoms with Crippen LogP contribution in [-0.4, -0.2) is 26.0 Å². The first kappa shape index (κ1) is 13.9. The minimum absolute atomic E-state index is 0.122. The van der Waals surface area contributed by atoms with Crippen molar-refractivity contribution in [2.24, 2.45) is 0 Å². The smallest absolute Gasteiger partial charge is 0.316 e. The summed E-state index contributed by atoms with van der Waals surface area (Å²) in [6.07, 6.45) is 4.55. The van der Waals surface area contributed by atoms with Crippen molar-refractivity contribution in [2.75, 3.05) is 5.32 Å². The monoisotopic (exact) mass is 295 g/mol. The summed E-state index contributed by atoms with van der Waals surface area (Å²) in [6.45, 7) is 3.84. The molecule has 0 atom stereocenters. The lowest BCUT2D eigenvalue weighted by atomic mass is 10.1. The quantitative estimate of drug-likeness (QED) is 0.797. The summed E-state index contributed by atoms with van der Waals surface area (Å²) in [5, 5.41) is 6.53. The van der Waals surface area contributed by atoms with Gasteiger partial charge in [-0.25, -0.2) is 4.98 Å². The van der Waals surface area contributed by atoms with E-state index in [9.17, 15) is 4.79 Å². The summed E-state index contributed by atoms with van der Waals surface area (Å²) in [7, 11) is 0. The summed E-state index contributed by atoms with van der Waals surface area (Å²) >= 11 is 0. The molecule has 1 amide bonds. The van der Waals surface area contributed by atoms with Crippen molar-refractivity contribution >= 4 is 11.6 Å². The number of para-hydroxylation sites is 1. The van der Waals surface area contributed by atoms with Gasteiger partial charge in [-0.3, -0.25) is 9.78 Å². The minimum atomic E-state index is -0.458. The molecule has 3 rings (SSSR count). The van der Waals surface area contributed by atoms with Gasteiger partial charge in [-0.2, -0.15) is 4.98 Å². The summed E-state index contributed by atoms with van der Waals surface area (Å²) in [5.74, 6) is -0.358. The number of aromatic nitrogens is 4. The zero-order valence-electron chi connectivity index (χ0n) is 12.1. The van der Waals surface area contributed by atoms with Crippen LogP contribution in [0.25, 0.3) is 11.5 Å². The standard InChI is InChI=1S/C15H13N5O2/c1-9-4-3-5-10(2)12(9)18-14(21)15-19-13(20-22-15)11-8-16-6-7-17-11/h3-8H,1-2H3,(H,18,21). The van der Waals surface area contributed by atoms with Gasteiger partial charge in [0.05, 0.1) is 6.20 Å². The number of nitrogens with zero attached hydrogens (tertiary/aromatic N) is 4. The highest BCUT2D eigenvalue weighted by Crippen LogP contribution is 2.20. The topological polar surface area (TPSA) is 93.8 Å². The molecular formula is C15H13N5O2. The first-order valence-electron chi connectivity index (χ1n) is 6.63.